The third-order valence-corrected chi connectivity index (χ3v) is 5.00. The number of ether oxygens (including phenoxy) is 1. The highest BCUT2D eigenvalue weighted by molar-refractivity contribution is 5.94. The normalized spacial score (nSPS) is 11.6. The number of hydrogen-bond donors (Lipinski definition) is 0. The summed E-state index contributed by atoms with van der Waals surface area (Å²) in [7, 11) is 1.62. The maximum Gasteiger partial charge on any atom is 0.254 e. The maximum absolute atomic E-state index is 13.1. The molecular formula is C24H29N3O3. The lowest BCUT2D eigenvalue weighted by Gasteiger charge is -2.26. The fourth-order valence-electron chi connectivity index (χ4n) is 3.09. The van der Waals surface area contributed by atoms with Crippen molar-refractivity contribution in [2.45, 2.75) is 52.6 Å². The summed E-state index contributed by atoms with van der Waals surface area (Å²) in [6, 6.07) is 15.2. The van der Waals surface area contributed by atoms with Gasteiger partial charge in [-0.1, -0.05) is 38.1 Å². The Bertz CT molecular complexity index is 984. The lowest BCUT2D eigenvalue weighted by atomic mass is 9.86. The predicted octanol–water partition coefficient (Wildman–Crippen LogP) is 5.09. The maximum atomic E-state index is 13.1. The number of aromatic nitrogens is 2. The highest BCUT2D eigenvalue weighted by atomic mass is 16.5. The van der Waals surface area contributed by atoms with Gasteiger partial charge in [-0.3, -0.25) is 4.79 Å². The Balaban J connectivity index is 1.77. The molecule has 0 fully saturated rings. The molecule has 0 unspecified atom stereocenters. The van der Waals surface area contributed by atoms with E-state index < -0.39 is 0 Å². The molecule has 6 heteroatoms. The van der Waals surface area contributed by atoms with E-state index in [0.717, 1.165) is 11.3 Å². The smallest absolute Gasteiger partial charge is 0.254 e. The van der Waals surface area contributed by atoms with Gasteiger partial charge in [0.2, 0.25) is 11.7 Å². The second kappa shape index (κ2) is 8.69. The molecule has 0 aliphatic rings. The average Bonchev–Trinajstić information content (AvgIpc) is 3.19. The summed E-state index contributed by atoms with van der Waals surface area (Å²) in [6.07, 6.45) is 0. The van der Waals surface area contributed by atoms with Crippen molar-refractivity contribution in [3.8, 4) is 17.1 Å². The molecule has 1 aromatic heterocycles. The van der Waals surface area contributed by atoms with E-state index in [2.05, 4.69) is 30.9 Å². The Hall–Kier alpha value is -3.15. The lowest BCUT2D eigenvalue weighted by Crippen LogP contribution is -2.36. The summed E-state index contributed by atoms with van der Waals surface area (Å²) >= 11 is 0. The largest absolute Gasteiger partial charge is 0.497 e. The fourth-order valence-corrected chi connectivity index (χ4v) is 3.09. The number of hydrogen-bond acceptors (Lipinski definition) is 5. The van der Waals surface area contributed by atoms with Gasteiger partial charge in [0, 0.05) is 17.2 Å². The van der Waals surface area contributed by atoms with Gasteiger partial charge in [0.15, 0.2) is 0 Å². The molecule has 3 aromatic rings. The standard InChI is InChI=1S/C24H29N3O3/c1-16(2)27(23(28)18-7-11-19(12-8-18)24(3,4)5)15-21-25-22(26-30-21)17-9-13-20(29-6)14-10-17/h7-14,16H,15H2,1-6H3. The van der Waals surface area contributed by atoms with Gasteiger partial charge in [-0.05, 0) is 61.2 Å². The molecule has 0 atom stereocenters. The van der Waals surface area contributed by atoms with Crippen molar-refractivity contribution in [1.82, 2.24) is 15.0 Å². The van der Waals surface area contributed by atoms with E-state index in [-0.39, 0.29) is 23.9 Å². The molecule has 158 valence electrons. The van der Waals surface area contributed by atoms with Gasteiger partial charge in [0.25, 0.3) is 5.91 Å². The molecule has 0 saturated heterocycles. The summed E-state index contributed by atoms with van der Waals surface area (Å²) < 4.78 is 10.6. The number of benzene rings is 2. The van der Waals surface area contributed by atoms with Gasteiger partial charge in [-0.25, -0.2) is 0 Å². The highest BCUT2D eigenvalue weighted by Gasteiger charge is 2.23. The van der Waals surface area contributed by atoms with Crippen molar-refractivity contribution in [1.29, 1.82) is 0 Å². The molecule has 2 aromatic carbocycles. The van der Waals surface area contributed by atoms with Gasteiger partial charge in [0.05, 0.1) is 7.11 Å². The molecule has 0 saturated carbocycles. The Morgan fingerprint density at radius 3 is 2.23 bits per heavy atom. The SMILES string of the molecule is COc1ccc(-c2noc(CN(C(=O)c3ccc(C(C)(C)C)cc3)C(C)C)n2)cc1. The van der Waals surface area contributed by atoms with E-state index in [1.165, 1.54) is 5.56 Å². The Morgan fingerprint density at radius 2 is 1.70 bits per heavy atom. The van der Waals surface area contributed by atoms with Crippen molar-refractivity contribution in [2.75, 3.05) is 7.11 Å². The van der Waals surface area contributed by atoms with Crippen molar-refractivity contribution in [2.24, 2.45) is 0 Å². The van der Waals surface area contributed by atoms with E-state index in [1.54, 1.807) is 12.0 Å². The van der Waals surface area contributed by atoms with E-state index in [9.17, 15) is 4.79 Å². The van der Waals surface area contributed by atoms with Gasteiger partial charge in [-0.15, -0.1) is 0 Å². The van der Waals surface area contributed by atoms with Crippen LogP contribution >= 0.6 is 0 Å². The molecule has 0 aliphatic carbocycles. The quantitative estimate of drug-likeness (QED) is 0.569. The number of nitrogens with zero attached hydrogens (tertiary/aromatic N) is 3. The summed E-state index contributed by atoms with van der Waals surface area (Å²) in [5.41, 5.74) is 2.70. The first kappa shape index (κ1) is 21.6. The average molecular weight is 408 g/mol. The molecule has 0 spiro atoms. The molecule has 6 nitrogen and oxygen atoms in total. The minimum Gasteiger partial charge on any atom is -0.497 e. The third-order valence-electron chi connectivity index (χ3n) is 5.00. The Morgan fingerprint density at radius 1 is 1.07 bits per heavy atom. The molecule has 0 aliphatic heterocycles. The molecular weight excluding hydrogens is 378 g/mol. The van der Waals surface area contributed by atoms with Crippen LogP contribution < -0.4 is 4.74 Å². The number of methoxy groups -OCH3 is 1. The van der Waals surface area contributed by atoms with E-state index >= 15 is 0 Å². The topological polar surface area (TPSA) is 68.5 Å². The van der Waals surface area contributed by atoms with Crippen LogP contribution in [0.15, 0.2) is 53.1 Å². The molecule has 0 radical (unpaired) electrons. The van der Waals surface area contributed by atoms with Crippen molar-refractivity contribution in [3.63, 3.8) is 0 Å². The molecule has 1 amide bonds. The van der Waals surface area contributed by atoms with Crippen LogP contribution in [-0.4, -0.2) is 34.1 Å². The number of carbonyl (C=O) groups is 1. The molecule has 3 rings (SSSR count). The number of carbonyl (C=O) groups excluding carboxylic acids is 1. The van der Waals surface area contributed by atoms with Crippen molar-refractivity contribution >= 4 is 5.91 Å². The van der Waals surface area contributed by atoms with E-state index in [0.29, 0.717) is 17.3 Å². The predicted molar refractivity (Wildman–Crippen MR) is 116 cm³/mol. The lowest BCUT2D eigenvalue weighted by molar-refractivity contribution is 0.0667. The van der Waals surface area contributed by atoms with Crippen LogP contribution in [0.25, 0.3) is 11.4 Å². The van der Waals surface area contributed by atoms with E-state index in [1.807, 2.05) is 62.4 Å². The molecule has 30 heavy (non-hydrogen) atoms. The first-order valence-corrected chi connectivity index (χ1v) is 10.1. The minimum atomic E-state index is -0.0605. The zero-order valence-corrected chi connectivity index (χ0v) is 18.5. The van der Waals surface area contributed by atoms with Crippen molar-refractivity contribution < 1.29 is 14.1 Å². The Labute approximate surface area is 177 Å². The second-order valence-electron chi connectivity index (χ2n) is 8.59. The van der Waals surface area contributed by atoms with Crippen LogP contribution in [0.4, 0.5) is 0 Å². The first-order chi connectivity index (χ1) is 14.2. The van der Waals surface area contributed by atoms with Crippen LogP contribution in [0.2, 0.25) is 0 Å². The van der Waals surface area contributed by atoms with Crippen molar-refractivity contribution in [3.05, 3.63) is 65.5 Å². The zero-order chi connectivity index (χ0) is 21.9. The van der Waals surface area contributed by atoms with Crippen LogP contribution in [0.1, 0.15) is 56.4 Å². The second-order valence-corrected chi connectivity index (χ2v) is 8.59. The third kappa shape index (κ3) is 4.87. The zero-order valence-electron chi connectivity index (χ0n) is 18.5. The van der Waals surface area contributed by atoms with Crippen LogP contribution in [0.5, 0.6) is 5.75 Å². The summed E-state index contributed by atoms with van der Waals surface area (Å²) in [5, 5.41) is 4.06. The fraction of sp³-hybridized carbons (Fsp3) is 0.375. The Kier molecular flexibility index (Phi) is 6.25. The van der Waals surface area contributed by atoms with Gasteiger partial charge in [0.1, 0.15) is 12.3 Å². The van der Waals surface area contributed by atoms with Gasteiger partial charge >= 0.3 is 0 Å². The van der Waals surface area contributed by atoms with Crippen LogP contribution in [0.3, 0.4) is 0 Å². The monoisotopic (exact) mass is 407 g/mol. The van der Waals surface area contributed by atoms with Crippen LogP contribution in [-0.2, 0) is 12.0 Å². The molecule has 0 N–H and O–H groups in total. The summed E-state index contributed by atoms with van der Waals surface area (Å²) in [5.74, 6) is 1.58. The minimum absolute atomic E-state index is 0.0175. The molecule has 1 heterocycles. The van der Waals surface area contributed by atoms with Gasteiger partial charge in [-0.2, -0.15) is 4.98 Å². The number of amides is 1. The summed E-state index contributed by atoms with van der Waals surface area (Å²) in [4.78, 5) is 19.3. The van der Waals surface area contributed by atoms with Gasteiger partial charge < -0.3 is 14.2 Å². The van der Waals surface area contributed by atoms with Crippen LogP contribution in [0, 0.1) is 0 Å². The first-order valence-electron chi connectivity index (χ1n) is 10.1. The number of rotatable bonds is 6. The molecule has 0 bridgehead atoms. The summed E-state index contributed by atoms with van der Waals surface area (Å²) in [6.45, 7) is 10.7. The highest BCUT2D eigenvalue weighted by Crippen LogP contribution is 2.24. The van der Waals surface area contributed by atoms with E-state index in [4.69, 9.17) is 9.26 Å².